The van der Waals surface area contributed by atoms with Crippen LogP contribution in [0.4, 0.5) is 5.95 Å². The van der Waals surface area contributed by atoms with Crippen LogP contribution in [0, 0.1) is 0 Å². The zero-order valence-electron chi connectivity index (χ0n) is 13.3. The molecule has 3 N–H and O–H groups in total. The Balaban J connectivity index is 1.79. The molecule has 3 heterocycles. The lowest BCUT2D eigenvalue weighted by atomic mass is 10.1. The van der Waals surface area contributed by atoms with Crippen molar-refractivity contribution < 1.29 is 9.53 Å². The third kappa shape index (κ3) is 2.69. The lowest BCUT2D eigenvalue weighted by Gasteiger charge is -2.05. The van der Waals surface area contributed by atoms with Crippen LogP contribution in [0.1, 0.15) is 10.5 Å². The number of ether oxygens (including phenoxy) is 1. The molecule has 0 aliphatic carbocycles. The molecule has 1 amide bonds. The van der Waals surface area contributed by atoms with E-state index in [4.69, 9.17) is 4.74 Å². The van der Waals surface area contributed by atoms with Crippen LogP contribution in [0.3, 0.4) is 0 Å². The van der Waals surface area contributed by atoms with E-state index in [0.717, 1.165) is 11.1 Å². The molecular formula is C17H14N6O2. The minimum absolute atomic E-state index is 0.328. The van der Waals surface area contributed by atoms with Gasteiger partial charge in [0.1, 0.15) is 22.5 Å². The van der Waals surface area contributed by atoms with Gasteiger partial charge in [-0.05, 0) is 29.8 Å². The van der Waals surface area contributed by atoms with Crippen LogP contribution in [-0.2, 0) is 0 Å². The lowest BCUT2D eigenvalue weighted by molar-refractivity contribution is 0.102. The van der Waals surface area contributed by atoms with Gasteiger partial charge in [0.05, 0.1) is 19.6 Å². The van der Waals surface area contributed by atoms with Gasteiger partial charge in [0.2, 0.25) is 5.95 Å². The van der Waals surface area contributed by atoms with E-state index in [0.29, 0.717) is 28.4 Å². The normalized spacial score (nSPS) is 10.8. The zero-order valence-corrected chi connectivity index (χ0v) is 13.3. The van der Waals surface area contributed by atoms with Crippen molar-refractivity contribution in [1.29, 1.82) is 0 Å². The molecular weight excluding hydrogens is 320 g/mol. The monoisotopic (exact) mass is 334 g/mol. The molecule has 1 aromatic carbocycles. The van der Waals surface area contributed by atoms with Crippen molar-refractivity contribution >= 4 is 22.9 Å². The number of carbonyl (C=O) groups excluding carboxylic acids is 1. The number of carbonyl (C=O) groups is 1. The predicted molar refractivity (Wildman–Crippen MR) is 92.4 cm³/mol. The molecule has 0 saturated heterocycles. The van der Waals surface area contributed by atoms with Gasteiger partial charge in [-0.15, -0.1) is 0 Å². The zero-order chi connectivity index (χ0) is 17.2. The number of methoxy groups -OCH3 is 1. The van der Waals surface area contributed by atoms with E-state index >= 15 is 0 Å². The minimum Gasteiger partial charge on any atom is -0.494 e. The summed E-state index contributed by atoms with van der Waals surface area (Å²) in [5, 5.41) is 2.72. The van der Waals surface area contributed by atoms with Gasteiger partial charge in [-0.1, -0.05) is 0 Å². The van der Waals surface area contributed by atoms with E-state index in [-0.39, 0.29) is 5.91 Å². The Morgan fingerprint density at radius 2 is 2.00 bits per heavy atom. The average molecular weight is 334 g/mol. The Hall–Kier alpha value is -3.68. The van der Waals surface area contributed by atoms with Crippen molar-refractivity contribution in [2.45, 2.75) is 0 Å². The molecule has 0 fully saturated rings. The second kappa shape index (κ2) is 6.08. The van der Waals surface area contributed by atoms with Crippen LogP contribution in [0.15, 0.2) is 49.2 Å². The number of nitrogens with zero attached hydrogens (tertiary/aromatic N) is 3. The molecule has 4 aromatic rings. The molecule has 3 aromatic heterocycles. The topological polar surface area (TPSA) is 109 Å². The molecule has 0 bridgehead atoms. The van der Waals surface area contributed by atoms with Crippen molar-refractivity contribution in [3.8, 4) is 16.9 Å². The Bertz CT molecular complexity index is 1020. The number of amides is 1. The standard InChI is InChI=1S/C17H14N6O2/c1-25-13-3-2-11(10-4-6-18-7-5-10)14-15(13)22-17(21-14)23-16(24)12-8-19-9-20-12/h2-9H,1H3,(H,19,20)(H2,21,22,23,24). The third-order valence-corrected chi connectivity index (χ3v) is 3.79. The third-order valence-electron chi connectivity index (χ3n) is 3.79. The van der Waals surface area contributed by atoms with E-state index in [1.54, 1.807) is 19.5 Å². The molecule has 0 radical (unpaired) electrons. The first-order valence-corrected chi connectivity index (χ1v) is 7.53. The van der Waals surface area contributed by atoms with Crippen LogP contribution in [-0.4, -0.2) is 37.9 Å². The Labute approximate surface area is 142 Å². The van der Waals surface area contributed by atoms with Crippen LogP contribution in [0.2, 0.25) is 0 Å². The van der Waals surface area contributed by atoms with Gasteiger partial charge >= 0.3 is 0 Å². The summed E-state index contributed by atoms with van der Waals surface area (Å²) in [7, 11) is 1.59. The number of hydrogen-bond acceptors (Lipinski definition) is 5. The second-order valence-corrected chi connectivity index (χ2v) is 5.28. The van der Waals surface area contributed by atoms with E-state index in [1.165, 1.54) is 12.5 Å². The van der Waals surface area contributed by atoms with Gasteiger partial charge in [0.15, 0.2) is 0 Å². The minimum atomic E-state index is -0.332. The summed E-state index contributed by atoms with van der Waals surface area (Å²) in [4.78, 5) is 30.4. The Morgan fingerprint density at radius 3 is 2.72 bits per heavy atom. The summed E-state index contributed by atoms with van der Waals surface area (Å²) >= 11 is 0. The SMILES string of the molecule is COc1ccc(-c2ccncc2)c2nc(NC(=O)c3cnc[nH]3)[nH]c12. The molecule has 25 heavy (non-hydrogen) atoms. The van der Waals surface area contributed by atoms with E-state index in [2.05, 4.69) is 30.2 Å². The fraction of sp³-hybridized carbons (Fsp3) is 0.0588. The highest BCUT2D eigenvalue weighted by Gasteiger charge is 2.16. The number of aromatic nitrogens is 5. The van der Waals surface area contributed by atoms with Gasteiger partial charge < -0.3 is 14.7 Å². The van der Waals surface area contributed by atoms with Gasteiger partial charge in [-0.25, -0.2) is 9.97 Å². The van der Waals surface area contributed by atoms with Crippen molar-refractivity contribution in [2.75, 3.05) is 12.4 Å². The lowest BCUT2D eigenvalue weighted by Crippen LogP contribution is -2.13. The fourth-order valence-electron chi connectivity index (χ4n) is 2.62. The van der Waals surface area contributed by atoms with Crippen LogP contribution < -0.4 is 10.1 Å². The number of fused-ring (bicyclic) bond motifs is 1. The number of hydrogen-bond donors (Lipinski definition) is 3. The van der Waals surface area contributed by atoms with Gasteiger partial charge in [0, 0.05) is 18.0 Å². The molecule has 0 unspecified atom stereocenters. The molecule has 0 atom stereocenters. The molecule has 0 aliphatic rings. The van der Waals surface area contributed by atoms with Crippen LogP contribution in [0.25, 0.3) is 22.2 Å². The maximum Gasteiger partial charge on any atom is 0.276 e. The number of rotatable bonds is 4. The Morgan fingerprint density at radius 1 is 1.16 bits per heavy atom. The highest BCUT2D eigenvalue weighted by atomic mass is 16.5. The predicted octanol–water partition coefficient (Wildman–Crippen LogP) is 2.61. The van der Waals surface area contributed by atoms with Crippen molar-refractivity contribution in [1.82, 2.24) is 24.9 Å². The summed E-state index contributed by atoms with van der Waals surface area (Å²) in [6.45, 7) is 0. The number of imidazole rings is 2. The summed E-state index contributed by atoms with van der Waals surface area (Å²) in [6.07, 6.45) is 6.33. The van der Waals surface area contributed by atoms with Crippen molar-refractivity contribution in [2.24, 2.45) is 0 Å². The van der Waals surface area contributed by atoms with Gasteiger partial charge in [-0.2, -0.15) is 0 Å². The molecule has 0 aliphatic heterocycles. The number of pyridine rings is 1. The maximum atomic E-state index is 12.2. The van der Waals surface area contributed by atoms with Crippen molar-refractivity contribution in [3.63, 3.8) is 0 Å². The Kier molecular flexibility index (Phi) is 3.62. The first-order valence-electron chi connectivity index (χ1n) is 7.53. The summed E-state index contributed by atoms with van der Waals surface area (Å²) in [6, 6.07) is 7.59. The fourth-order valence-corrected chi connectivity index (χ4v) is 2.62. The van der Waals surface area contributed by atoms with Gasteiger partial charge in [-0.3, -0.25) is 15.1 Å². The van der Waals surface area contributed by atoms with Crippen LogP contribution >= 0.6 is 0 Å². The molecule has 8 heteroatoms. The number of nitrogens with one attached hydrogen (secondary N) is 3. The molecule has 8 nitrogen and oxygen atoms in total. The molecule has 0 spiro atoms. The number of anilines is 1. The summed E-state index contributed by atoms with van der Waals surface area (Å²) in [5.74, 6) is 0.637. The quantitative estimate of drug-likeness (QED) is 0.531. The summed E-state index contributed by atoms with van der Waals surface area (Å²) in [5.41, 5.74) is 3.64. The van der Waals surface area contributed by atoms with Crippen molar-refractivity contribution in [3.05, 3.63) is 54.9 Å². The van der Waals surface area contributed by atoms with Crippen LogP contribution in [0.5, 0.6) is 5.75 Å². The van der Waals surface area contributed by atoms with E-state index in [9.17, 15) is 4.79 Å². The molecule has 124 valence electrons. The first-order chi connectivity index (χ1) is 12.3. The highest BCUT2D eigenvalue weighted by Crippen LogP contribution is 2.33. The largest absolute Gasteiger partial charge is 0.494 e. The maximum absolute atomic E-state index is 12.2. The van der Waals surface area contributed by atoms with E-state index < -0.39 is 0 Å². The second-order valence-electron chi connectivity index (χ2n) is 5.28. The highest BCUT2D eigenvalue weighted by molar-refractivity contribution is 6.03. The molecule has 0 saturated carbocycles. The number of aromatic amines is 2. The number of H-pyrrole nitrogens is 2. The van der Waals surface area contributed by atoms with E-state index in [1.807, 2.05) is 24.3 Å². The van der Waals surface area contributed by atoms with Gasteiger partial charge in [0.25, 0.3) is 5.91 Å². The average Bonchev–Trinajstić information content (AvgIpc) is 3.31. The summed E-state index contributed by atoms with van der Waals surface area (Å²) < 4.78 is 5.40. The number of benzene rings is 1. The molecule has 4 rings (SSSR count). The smallest absolute Gasteiger partial charge is 0.276 e. The first kappa shape index (κ1) is 14.9.